The molecular weight excluding hydrogens is 260 g/mol. The highest BCUT2D eigenvalue weighted by atomic mass is 32.1. The minimum Gasteiger partial charge on any atom is -0.453 e. The molecule has 1 fully saturated rings. The molecule has 1 aliphatic rings. The van der Waals surface area contributed by atoms with Crippen LogP contribution in [0.4, 0.5) is 10.5 Å². The van der Waals surface area contributed by atoms with Crippen LogP contribution in [0.2, 0.25) is 0 Å². The normalized spacial score (nSPS) is 23.5. The highest BCUT2D eigenvalue weighted by Crippen LogP contribution is 2.29. The SMILES string of the molecule is COC(=O)NC1CC(C(C)C)CN(c2ccsc2)C1. The van der Waals surface area contributed by atoms with E-state index < -0.39 is 0 Å². The number of anilines is 1. The molecule has 1 saturated heterocycles. The van der Waals surface area contributed by atoms with Crippen LogP contribution in [0.3, 0.4) is 0 Å². The lowest BCUT2D eigenvalue weighted by atomic mass is 9.85. The van der Waals surface area contributed by atoms with Crippen molar-refractivity contribution in [3.8, 4) is 0 Å². The van der Waals surface area contributed by atoms with Gasteiger partial charge in [0.2, 0.25) is 0 Å². The Kier molecular flexibility index (Phi) is 4.69. The van der Waals surface area contributed by atoms with Crippen LogP contribution in [0.15, 0.2) is 16.8 Å². The molecule has 0 aromatic carbocycles. The molecule has 4 nitrogen and oxygen atoms in total. The Morgan fingerprint density at radius 1 is 1.53 bits per heavy atom. The summed E-state index contributed by atoms with van der Waals surface area (Å²) >= 11 is 1.71. The molecule has 106 valence electrons. The molecule has 1 amide bonds. The molecule has 2 atom stereocenters. The predicted octanol–water partition coefficient (Wildman–Crippen LogP) is 2.96. The Hall–Kier alpha value is -1.23. The Morgan fingerprint density at radius 3 is 2.89 bits per heavy atom. The van der Waals surface area contributed by atoms with E-state index in [2.05, 4.69) is 40.9 Å². The van der Waals surface area contributed by atoms with Crippen LogP contribution in [0.25, 0.3) is 0 Å². The van der Waals surface area contributed by atoms with E-state index in [1.807, 2.05) is 0 Å². The number of hydrogen-bond donors (Lipinski definition) is 1. The first-order chi connectivity index (χ1) is 9.10. The van der Waals surface area contributed by atoms with Crippen molar-refractivity contribution in [3.05, 3.63) is 16.8 Å². The van der Waals surface area contributed by atoms with E-state index >= 15 is 0 Å². The maximum Gasteiger partial charge on any atom is 0.407 e. The molecule has 1 N–H and O–H groups in total. The fourth-order valence-corrected chi connectivity index (χ4v) is 3.26. The van der Waals surface area contributed by atoms with Crippen molar-refractivity contribution in [1.82, 2.24) is 5.32 Å². The molecule has 0 saturated carbocycles. The molecule has 1 aromatic heterocycles. The number of rotatable bonds is 3. The number of piperidine rings is 1. The van der Waals surface area contributed by atoms with Crippen molar-refractivity contribution >= 4 is 23.1 Å². The highest BCUT2D eigenvalue weighted by Gasteiger charge is 2.30. The van der Waals surface area contributed by atoms with Crippen LogP contribution in [0.1, 0.15) is 20.3 Å². The largest absolute Gasteiger partial charge is 0.453 e. The first kappa shape index (κ1) is 14.2. The maximum absolute atomic E-state index is 11.4. The van der Waals surface area contributed by atoms with Gasteiger partial charge in [0.25, 0.3) is 0 Å². The highest BCUT2D eigenvalue weighted by molar-refractivity contribution is 7.08. The molecule has 0 spiro atoms. The Morgan fingerprint density at radius 2 is 2.32 bits per heavy atom. The van der Waals surface area contributed by atoms with Crippen molar-refractivity contribution in [2.75, 3.05) is 25.1 Å². The summed E-state index contributed by atoms with van der Waals surface area (Å²) < 4.78 is 4.71. The molecule has 19 heavy (non-hydrogen) atoms. The summed E-state index contributed by atoms with van der Waals surface area (Å²) in [6.45, 7) is 6.41. The monoisotopic (exact) mass is 282 g/mol. The van der Waals surface area contributed by atoms with Gasteiger partial charge in [0, 0.05) is 24.2 Å². The fraction of sp³-hybridized carbons (Fsp3) is 0.643. The van der Waals surface area contributed by atoms with Crippen molar-refractivity contribution in [2.24, 2.45) is 11.8 Å². The van der Waals surface area contributed by atoms with Gasteiger partial charge in [0.1, 0.15) is 0 Å². The minimum atomic E-state index is -0.334. The molecule has 1 aromatic rings. The Balaban J connectivity index is 2.06. The van der Waals surface area contributed by atoms with Gasteiger partial charge in [-0.15, -0.1) is 0 Å². The standard InChI is InChI=1S/C14H22N2O2S/c1-10(2)11-6-12(15-14(17)18-3)8-16(7-11)13-4-5-19-9-13/h4-5,9-12H,6-8H2,1-3H3,(H,15,17). The van der Waals surface area contributed by atoms with Crippen molar-refractivity contribution in [3.63, 3.8) is 0 Å². The molecule has 1 aliphatic heterocycles. The first-order valence-corrected chi connectivity index (χ1v) is 7.66. The first-order valence-electron chi connectivity index (χ1n) is 6.71. The molecule has 0 radical (unpaired) electrons. The van der Waals surface area contributed by atoms with Gasteiger partial charge in [-0.3, -0.25) is 0 Å². The smallest absolute Gasteiger partial charge is 0.407 e. The Bertz CT molecular complexity index is 406. The molecule has 2 rings (SSSR count). The molecule has 0 aliphatic carbocycles. The molecule has 2 unspecified atom stereocenters. The summed E-state index contributed by atoms with van der Waals surface area (Å²) in [5.74, 6) is 1.21. The third-order valence-electron chi connectivity index (χ3n) is 3.80. The number of nitrogens with zero attached hydrogens (tertiary/aromatic N) is 1. The number of methoxy groups -OCH3 is 1. The second-order valence-corrected chi connectivity index (χ2v) is 6.24. The number of amides is 1. The average molecular weight is 282 g/mol. The zero-order valence-electron chi connectivity index (χ0n) is 11.8. The lowest BCUT2D eigenvalue weighted by Crippen LogP contribution is -2.51. The van der Waals surface area contributed by atoms with E-state index in [-0.39, 0.29) is 12.1 Å². The summed E-state index contributed by atoms with van der Waals surface area (Å²) in [6.07, 6.45) is 0.688. The van der Waals surface area contributed by atoms with Gasteiger partial charge in [-0.05, 0) is 29.7 Å². The van der Waals surface area contributed by atoms with Gasteiger partial charge < -0.3 is 15.0 Å². The second kappa shape index (κ2) is 6.28. The van der Waals surface area contributed by atoms with Crippen LogP contribution < -0.4 is 10.2 Å². The van der Waals surface area contributed by atoms with Crippen molar-refractivity contribution < 1.29 is 9.53 Å². The van der Waals surface area contributed by atoms with Gasteiger partial charge in [-0.2, -0.15) is 11.3 Å². The zero-order valence-corrected chi connectivity index (χ0v) is 12.6. The van der Waals surface area contributed by atoms with Crippen LogP contribution in [0.5, 0.6) is 0 Å². The van der Waals surface area contributed by atoms with Gasteiger partial charge in [-0.1, -0.05) is 13.8 Å². The molecule has 5 heteroatoms. The number of ether oxygens (including phenoxy) is 1. The van der Waals surface area contributed by atoms with Gasteiger partial charge in [0.05, 0.1) is 13.2 Å². The third kappa shape index (κ3) is 3.62. The van der Waals surface area contributed by atoms with E-state index in [1.54, 1.807) is 11.3 Å². The van der Waals surface area contributed by atoms with E-state index in [4.69, 9.17) is 4.74 Å². The van der Waals surface area contributed by atoms with Crippen molar-refractivity contribution in [1.29, 1.82) is 0 Å². The van der Waals surface area contributed by atoms with E-state index in [9.17, 15) is 4.79 Å². The van der Waals surface area contributed by atoms with E-state index in [1.165, 1.54) is 12.8 Å². The Labute approximate surface area is 118 Å². The summed E-state index contributed by atoms with van der Waals surface area (Å²) in [4.78, 5) is 13.8. The minimum absolute atomic E-state index is 0.161. The van der Waals surface area contributed by atoms with Crippen LogP contribution in [-0.4, -0.2) is 32.3 Å². The number of carbonyl (C=O) groups excluding carboxylic acids is 1. The summed E-state index contributed by atoms with van der Waals surface area (Å²) in [5, 5.41) is 7.20. The van der Waals surface area contributed by atoms with Crippen LogP contribution >= 0.6 is 11.3 Å². The van der Waals surface area contributed by atoms with E-state index in [0.717, 1.165) is 19.5 Å². The quantitative estimate of drug-likeness (QED) is 0.926. The van der Waals surface area contributed by atoms with Gasteiger partial charge in [-0.25, -0.2) is 4.79 Å². The van der Waals surface area contributed by atoms with Crippen LogP contribution in [-0.2, 0) is 4.74 Å². The number of nitrogens with one attached hydrogen (secondary N) is 1. The predicted molar refractivity (Wildman–Crippen MR) is 78.8 cm³/mol. The fourth-order valence-electron chi connectivity index (χ4n) is 2.60. The summed E-state index contributed by atoms with van der Waals surface area (Å²) in [6, 6.07) is 2.30. The van der Waals surface area contributed by atoms with Gasteiger partial charge >= 0.3 is 6.09 Å². The lowest BCUT2D eigenvalue weighted by molar-refractivity contribution is 0.160. The van der Waals surface area contributed by atoms with E-state index in [0.29, 0.717) is 11.8 Å². The van der Waals surface area contributed by atoms with Crippen LogP contribution in [0, 0.1) is 11.8 Å². The number of thiophene rings is 1. The third-order valence-corrected chi connectivity index (χ3v) is 4.48. The lowest BCUT2D eigenvalue weighted by Gasteiger charge is -2.40. The second-order valence-electron chi connectivity index (χ2n) is 5.46. The maximum atomic E-state index is 11.4. The molecule has 0 bridgehead atoms. The number of hydrogen-bond acceptors (Lipinski definition) is 4. The molecule has 2 heterocycles. The summed E-state index contributed by atoms with van der Waals surface area (Å²) in [5.41, 5.74) is 1.26. The summed E-state index contributed by atoms with van der Waals surface area (Å²) in [7, 11) is 1.41. The van der Waals surface area contributed by atoms with Gasteiger partial charge in [0.15, 0.2) is 0 Å². The topological polar surface area (TPSA) is 41.6 Å². The van der Waals surface area contributed by atoms with Crippen molar-refractivity contribution in [2.45, 2.75) is 26.3 Å². The average Bonchev–Trinajstić information content (AvgIpc) is 2.92. The molecular formula is C14H22N2O2S. The number of alkyl carbamates (subject to hydrolysis) is 1. The number of carbonyl (C=O) groups is 1. The zero-order chi connectivity index (χ0) is 13.8.